The Labute approximate surface area is 67.0 Å². The summed E-state index contributed by atoms with van der Waals surface area (Å²) in [5.74, 6) is 0.912. The first-order valence-corrected chi connectivity index (χ1v) is 4.00. The second-order valence-corrected chi connectivity index (χ2v) is 2.43. The van der Waals surface area contributed by atoms with Crippen molar-refractivity contribution in [3.05, 3.63) is 42.0 Å². The van der Waals surface area contributed by atoms with Gasteiger partial charge in [0.25, 0.3) is 0 Å². The molecule has 0 nitrogen and oxygen atoms in total. The van der Waals surface area contributed by atoms with E-state index < -0.39 is 0 Å². The molecular formula is C9H11S+. The largest absolute Gasteiger partial charge is 0.122 e. The van der Waals surface area contributed by atoms with E-state index in [4.69, 9.17) is 0 Å². The van der Waals surface area contributed by atoms with Crippen LogP contribution in [0.3, 0.4) is 0 Å². The molecule has 1 heteroatoms. The van der Waals surface area contributed by atoms with E-state index in [0.717, 1.165) is 5.75 Å². The topological polar surface area (TPSA) is 0 Å². The summed E-state index contributed by atoms with van der Waals surface area (Å²) in [6.45, 7) is 0. The number of rotatable bonds is 2. The van der Waals surface area contributed by atoms with Crippen LogP contribution in [0.25, 0.3) is 6.08 Å². The first kappa shape index (κ1) is 7.42. The number of benzene rings is 1. The maximum absolute atomic E-state index is 3.36. The van der Waals surface area contributed by atoms with Crippen LogP contribution >= 0.6 is 0 Å². The van der Waals surface area contributed by atoms with Gasteiger partial charge in [0.15, 0.2) is 0 Å². The van der Waals surface area contributed by atoms with Crippen molar-refractivity contribution in [3.8, 4) is 0 Å². The Morgan fingerprint density at radius 3 is 2.50 bits per heavy atom. The van der Waals surface area contributed by atoms with E-state index in [2.05, 4.69) is 36.9 Å². The van der Waals surface area contributed by atoms with Gasteiger partial charge in [0.1, 0.15) is 5.75 Å². The first-order valence-electron chi connectivity index (χ1n) is 3.29. The van der Waals surface area contributed by atoms with Crippen molar-refractivity contribution < 1.29 is 0 Å². The van der Waals surface area contributed by atoms with Crippen molar-refractivity contribution in [2.75, 3.05) is 5.75 Å². The molecule has 0 atom stereocenters. The molecule has 0 aromatic heterocycles. The molecule has 0 amide bonds. The summed E-state index contributed by atoms with van der Waals surface area (Å²) in [4.78, 5) is 0. The molecule has 1 aromatic carbocycles. The Hall–Kier alpha value is -0.690. The highest BCUT2D eigenvalue weighted by Crippen LogP contribution is 1.99. The van der Waals surface area contributed by atoms with Crippen molar-refractivity contribution in [1.82, 2.24) is 0 Å². The Morgan fingerprint density at radius 1 is 1.20 bits per heavy atom. The van der Waals surface area contributed by atoms with Gasteiger partial charge in [-0.2, -0.15) is 0 Å². The third-order valence-corrected chi connectivity index (χ3v) is 1.46. The Kier molecular flexibility index (Phi) is 3.10. The quantitative estimate of drug-likeness (QED) is 0.564. The Bertz CT molecular complexity index is 201. The second kappa shape index (κ2) is 4.18. The minimum atomic E-state index is 0.912. The van der Waals surface area contributed by atoms with E-state index >= 15 is 0 Å². The summed E-state index contributed by atoms with van der Waals surface area (Å²) in [5.41, 5.74) is 1.25. The molecule has 10 heavy (non-hydrogen) atoms. The van der Waals surface area contributed by atoms with Gasteiger partial charge in [0.2, 0.25) is 0 Å². The van der Waals surface area contributed by atoms with Gasteiger partial charge in [-0.1, -0.05) is 36.4 Å². The highest BCUT2D eigenvalue weighted by molar-refractivity contribution is 7.58. The molecule has 1 rings (SSSR count). The molecule has 0 bridgehead atoms. The average Bonchev–Trinajstić information content (AvgIpc) is 2.03. The molecule has 0 saturated heterocycles. The van der Waals surface area contributed by atoms with E-state index in [1.165, 1.54) is 5.56 Å². The minimum Gasteiger partial charge on any atom is -0.0622 e. The van der Waals surface area contributed by atoms with Gasteiger partial charge in [-0.05, 0) is 24.3 Å². The van der Waals surface area contributed by atoms with Crippen LogP contribution in [0.1, 0.15) is 5.56 Å². The van der Waals surface area contributed by atoms with E-state index in [1.54, 1.807) is 0 Å². The van der Waals surface area contributed by atoms with E-state index in [0.29, 0.717) is 0 Å². The van der Waals surface area contributed by atoms with Crippen molar-refractivity contribution >= 4 is 18.7 Å². The van der Waals surface area contributed by atoms with Gasteiger partial charge in [0.05, 0.1) is 0 Å². The summed E-state index contributed by atoms with van der Waals surface area (Å²) in [6.07, 6.45) is 4.17. The molecule has 0 heterocycles. The monoisotopic (exact) mass is 151 g/mol. The third-order valence-electron chi connectivity index (χ3n) is 1.23. The first-order chi connectivity index (χ1) is 4.93. The summed E-state index contributed by atoms with van der Waals surface area (Å²) in [7, 11) is 0. The smallest absolute Gasteiger partial charge is 0.0622 e. The molecule has 52 valence electrons. The van der Waals surface area contributed by atoms with Crippen LogP contribution in [-0.2, 0) is 12.6 Å². The summed E-state index contributed by atoms with van der Waals surface area (Å²) < 4.78 is 0. The highest BCUT2D eigenvalue weighted by Gasteiger charge is 1.80. The highest BCUT2D eigenvalue weighted by atomic mass is 32.1. The van der Waals surface area contributed by atoms with Crippen molar-refractivity contribution in [2.24, 2.45) is 0 Å². The maximum atomic E-state index is 3.36. The molecule has 0 spiro atoms. The van der Waals surface area contributed by atoms with E-state index in [1.807, 2.05) is 18.2 Å². The van der Waals surface area contributed by atoms with Gasteiger partial charge in [-0.15, -0.1) is 0 Å². The third kappa shape index (κ3) is 2.28. The molecule has 0 unspecified atom stereocenters. The number of hydrogen-bond acceptors (Lipinski definition) is 0. The minimum absolute atomic E-state index is 0.912. The lowest BCUT2D eigenvalue weighted by atomic mass is 10.2. The molecule has 0 N–H and O–H groups in total. The zero-order valence-electron chi connectivity index (χ0n) is 5.75. The predicted molar refractivity (Wildman–Crippen MR) is 50.5 cm³/mol. The zero-order valence-corrected chi connectivity index (χ0v) is 6.75. The van der Waals surface area contributed by atoms with Gasteiger partial charge < -0.3 is 0 Å². The fraction of sp³-hybridized carbons (Fsp3) is 0.111. The zero-order chi connectivity index (χ0) is 7.23. The summed E-state index contributed by atoms with van der Waals surface area (Å²) in [5, 5.41) is 0. The molecule has 0 aliphatic heterocycles. The number of hydrogen-bond donors (Lipinski definition) is 0. The second-order valence-electron chi connectivity index (χ2n) is 2.02. The van der Waals surface area contributed by atoms with Crippen LogP contribution in [-0.4, -0.2) is 5.75 Å². The SMILES string of the molecule is [SH2+]C/C=C/c1ccccc1. The van der Waals surface area contributed by atoms with Crippen LogP contribution < -0.4 is 0 Å². The van der Waals surface area contributed by atoms with Crippen molar-refractivity contribution in [1.29, 1.82) is 0 Å². The fourth-order valence-electron chi connectivity index (χ4n) is 0.759. The van der Waals surface area contributed by atoms with Crippen molar-refractivity contribution in [3.63, 3.8) is 0 Å². The Morgan fingerprint density at radius 2 is 1.90 bits per heavy atom. The lowest BCUT2D eigenvalue weighted by molar-refractivity contribution is 1.65. The molecular weight excluding hydrogens is 140 g/mol. The van der Waals surface area contributed by atoms with Crippen LogP contribution in [0.15, 0.2) is 36.4 Å². The molecule has 1 aromatic rings. The van der Waals surface area contributed by atoms with Crippen LogP contribution in [0.4, 0.5) is 0 Å². The summed E-state index contributed by atoms with van der Waals surface area (Å²) >= 11 is 3.36. The van der Waals surface area contributed by atoms with Gasteiger partial charge in [-0.3, -0.25) is 0 Å². The van der Waals surface area contributed by atoms with Gasteiger partial charge in [0, 0.05) is 0 Å². The molecule has 0 saturated carbocycles. The average molecular weight is 151 g/mol. The molecule has 0 radical (unpaired) electrons. The predicted octanol–water partition coefficient (Wildman–Crippen LogP) is 1.71. The van der Waals surface area contributed by atoms with Crippen LogP contribution in [0.2, 0.25) is 0 Å². The van der Waals surface area contributed by atoms with Gasteiger partial charge in [-0.25, -0.2) is 0 Å². The Balaban J connectivity index is 2.67. The van der Waals surface area contributed by atoms with E-state index in [9.17, 15) is 0 Å². The molecule has 0 aliphatic rings. The molecule has 0 aliphatic carbocycles. The lowest BCUT2D eigenvalue weighted by Gasteiger charge is -1.87. The van der Waals surface area contributed by atoms with E-state index in [-0.39, 0.29) is 0 Å². The fourth-order valence-corrected chi connectivity index (χ4v) is 0.877. The van der Waals surface area contributed by atoms with Crippen LogP contribution in [0, 0.1) is 0 Å². The molecule has 0 fully saturated rings. The summed E-state index contributed by atoms with van der Waals surface area (Å²) in [6, 6.07) is 10.3. The maximum Gasteiger partial charge on any atom is 0.122 e. The van der Waals surface area contributed by atoms with Gasteiger partial charge >= 0.3 is 0 Å². The van der Waals surface area contributed by atoms with Crippen LogP contribution in [0.5, 0.6) is 0 Å². The van der Waals surface area contributed by atoms with Crippen molar-refractivity contribution in [2.45, 2.75) is 0 Å². The normalized spacial score (nSPS) is 10.5. The standard InChI is InChI=1S/C9H10S/c10-8-4-7-9-5-2-1-3-6-9/h1-7,10H,8H2/p+1/b7-4+. The lowest BCUT2D eigenvalue weighted by Crippen LogP contribution is -1.69.